The van der Waals surface area contributed by atoms with E-state index in [0.717, 1.165) is 45.5 Å². The Hall–Kier alpha value is -0.120. The summed E-state index contributed by atoms with van der Waals surface area (Å²) in [5.74, 6) is -0.236. The molecule has 0 unspecified atom stereocenters. The maximum Gasteiger partial charge on any atom is 0.168 e. The van der Waals surface area contributed by atoms with E-state index in [9.17, 15) is 0 Å². The van der Waals surface area contributed by atoms with Gasteiger partial charge >= 0.3 is 0 Å². The highest BCUT2D eigenvalue weighted by molar-refractivity contribution is 4.82. The first-order chi connectivity index (χ1) is 9.35. The van der Waals surface area contributed by atoms with Crippen LogP contribution in [0.15, 0.2) is 0 Å². The zero-order chi connectivity index (χ0) is 13.4. The number of rotatable bonds is 8. The van der Waals surface area contributed by atoms with E-state index in [0.29, 0.717) is 6.10 Å². The third-order valence-corrected chi connectivity index (χ3v) is 4.36. The Kier molecular flexibility index (Phi) is 6.62. The Morgan fingerprint density at radius 3 is 2.26 bits per heavy atom. The molecule has 1 saturated carbocycles. The van der Waals surface area contributed by atoms with Crippen molar-refractivity contribution in [2.45, 2.75) is 83.0 Å². The molecule has 112 valence electrons. The largest absolute Gasteiger partial charge is 0.378 e. The van der Waals surface area contributed by atoms with Crippen LogP contribution in [0.1, 0.15) is 71.1 Å². The highest BCUT2D eigenvalue weighted by Gasteiger charge is 2.40. The molecule has 2 fully saturated rings. The van der Waals surface area contributed by atoms with E-state index in [1.165, 1.54) is 38.5 Å². The van der Waals surface area contributed by atoms with Gasteiger partial charge in [0.2, 0.25) is 0 Å². The molecule has 0 aromatic rings. The summed E-state index contributed by atoms with van der Waals surface area (Å²) in [6.45, 7) is 4.73. The molecule has 0 N–H and O–H groups in total. The molecule has 0 bridgehead atoms. The number of hydrogen-bond donors (Lipinski definition) is 0. The maximum absolute atomic E-state index is 5.98. The molecule has 0 radical (unpaired) electrons. The summed E-state index contributed by atoms with van der Waals surface area (Å²) >= 11 is 0. The minimum atomic E-state index is -0.236. The first-order valence-corrected chi connectivity index (χ1v) is 8.24. The zero-order valence-electron chi connectivity index (χ0n) is 12.5. The normalized spacial score (nSPS) is 23.2. The lowest BCUT2D eigenvalue weighted by atomic mass is 9.92. The van der Waals surface area contributed by atoms with Crippen LogP contribution in [0.25, 0.3) is 0 Å². The van der Waals surface area contributed by atoms with E-state index in [2.05, 4.69) is 6.92 Å². The smallest absolute Gasteiger partial charge is 0.168 e. The van der Waals surface area contributed by atoms with E-state index in [-0.39, 0.29) is 5.79 Å². The van der Waals surface area contributed by atoms with Crippen molar-refractivity contribution in [2.24, 2.45) is 0 Å². The van der Waals surface area contributed by atoms with Crippen LogP contribution in [0.2, 0.25) is 0 Å². The second-order valence-corrected chi connectivity index (χ2v) is 5.95. The first kappa shape index (κ1) is 15.3. The number of ether oxygens (including phenoxy) is 3. The topological polar surface area (TPSA) is 27.7 Å². The van der Waals surface area contributed by atoms with Gasteiger partial charge in [0.05, 0.1) is 19.3 Å². The predicted molar refractivity (Wildman–Crippen MR) is 76.2 cm³/mol. The minimum absolute atomic E-state index is 0.236. The molecule has 1 aliphatic carbocycles. The summed E-state index contributed by atoms with van der Waals surface area (Å²) in [5, 5.41) is 0. The van der Waals surface area contributed by atoms with Crippen molar-refractivity contribution in [3.8, 4) is 0 Å². The SMILES string of the molecule is CCCCCCCCOC1CCC2(CC1)OCCO2. The average molecular weight is 270 g/mol. The highest BCUT2D eigenvalue weighted by Crippen LogP contribution is 2.36. The molecule has 2 aliphatic rings. The third kappa shape index (κ3) is 5.05. The van der Waals surface area contributed by atoms with Crippen LogP contribution in [0.5, 0.6) is 0 Å². The van der Waals surface area contributed by atoms with Gasteiger partial charge in [0, 0.05) is 19.4 Å². The lowest BCUT2D eigenvalue weighted by Crippen LogP contribution is -2.37. The quantitative estimate of drug-likeness (QED) is 0.623. The van der Waals surface area contributed by atoms with Crippen molar-refractivity contribution in [1.82, 2.24) is 0 Å². The molecule has 1 spiro atoms. The predicted octanol–water partition coefficient (Wildman–Crippen LogP) is 4.05. The third-order valence-electron chi connectivity index (χ3n) is 4.36. The van der Waals surface area contributed by atoms with Crippen LogP contribution >= 0.6 is 0 Å². The molecular weight excluding hydrogens is 240 g/mol. The van der Waals surface area contributed by atoms with Gasteiger partial charge in [-0.15, -0.1) is 0 Å². The van der Waals surface area contributed by atoms with Gasteiger partial charge in [-0.2, -0.15) is 0 Å². The van der Waals surface area contributed by atoms with Gasteiger partial charge < -0.3 is 14.2 Å². The molecule has 3 nitrogen and oxygen atoms in total. The number of unbranched alkanes of at least 4 members (excludes halogenated alkanes) is 5. The van der Waals surface area contributed by atoms with Gasteiger partial charge in [-0.1, -0.05) is 39.0 Å². The summed E-state index contributed by atoms with van der Waals surface area (Å²) < 4.78 is 17.4. The lowest BCUT2D eigenvalue weighted by Gasteiger charge is -2.35. The van der Waals surface area contributed by atoms with Crippen LogP contribution in [0, 0.1) is 0 Å². The molecule has 0 aromatic carbocycles. The summed E-state index contributed by atoms with van der Waals surface area (Å²) in [7, 11) is 0. The highest BCUT2D eigenvalue weighted by atomic mass is 16.7. The van der Waals surface area contributed by atoms with Gasteiger partial charge in [-0.25, -0.2) is 0 Å². The Labute approximate surface area is 118 Å². The van der Waals surface area contributed by atoms with Crippen LogP contribution in [-0.2, 0) is 14.2 Å². The van der Waals surface area contributed by atoms with Crippen molar-refractivity contribution >= 4 is 0 Å². The van der Waals surface area contributed by atoms with Crippen LogP contribution in [0.3, 0.4) is 0 Å². The Balaban J connectivity index is 1.47. The van der Waals surface area contributed by atoms with Gasteiger partial charge in [0.15, 0.2) is 5.79 Å². The van der Waals surface area contributed by atoms with Crippen molar-refractivity contribution in [3.05, 3.63) is 0 Å². The minimum Gasteiger partial charge on any atom is -0.378 e. The van der Waals surface area contributed by atoms with Gasteiger partial charge in [0.1, 0.15) is 0 Å². The van der Waals surface area contributed by atoms with Gasteiger partial charge in [-0.3, -0.25) is 0 Å². The van der Waals surface area contributed by atoms with Crippen molar-refractivity contribution < 1.29 is 14.2 Å². The second-order valence-electron chi connectivity index (χ2n) is 5.95. The van der Waals surface area contributed by atoms with Crippen LogP contribution in [0.4, 0.5) is 0 Å². The Morgan fingerprint density at radius 1 is 0.947 bits per heavy atom. The first-order valence-electron chi connectivity index (χ1n) is 8.24. The molecule has 2 rings (SSSR count). The lowest BCUT2D eigenvalue weighted by molar-refractivity contribution is -0.191. The second kappa shape index (κ2) is 8.23. The summed E-state index contributed by atoms with van der Waals surface area (Å²) in [4.78, 5) is 0. The molecular formula is C16H30O3. The fourth-order valence-corrected chi connectivity index (χ4v) is 3.12. The van der Waals surface area contributed by atoms with Crippen molar-refractivity contribution in [1.29, 1.82) is 0 Å². The summed E-state index contributed by atoms with van der Waals surface area (Å²) in [6.07, 6.45) is 12.6. The van der Waals surface area contributed by atoms with E-state index in [1.807, 2.05) is 0 Å². The summed E-state index contributed by atoms with van der Waals surface area (Å²) in [5.41, 5.74) is 0. The molecule has 19 heavy (non-hydrogen) atoms. The molecule has 0 aromatic heterocycles. The molecule has 1 aliphatic heterocycles. The van der Waals surface area contributed by atoms with E-state index in [1.54, 1.807) is 0 Å². The monoisotopic (exact) mass is 270 g/mol. The number of hydrogen-bond acceptors (Lipinski definition) is 3. The van der Waals surface area contributed by atoms with Crippen LogP contribution < -0.4 is 0 Å². The Bertz CT molecular complexity index is 226. The molecule has 1 saturated heterocycles. The van der Waals surface area contributed by atoms with E-state index >= 15 is 0 Å². The van der Waals surface area contributed by atoms with Gasteiger partial charge in [0.25, 0.3) is 0 Å². The molecule has 3 heteroatoms. The Morgan fingerprint density at radius 2 is 1.58 bits per heavy atom. The zero-order valence-corrected chi connectivity index (χ0v) is 12.5. The standard InChI is InChI=1S/C16H30O3/c1-2-3-4-5-6-7-12-17-15-8-10-16(11-9-15)18-13-14-19-16/h15H,2-14H2,1H3. The molecule has 0 atom stereocenters. The van der Waals surface area contributed by atoms with Crippen molar-refractivity contribution in [2.75, 3.05) is 19.8 Å². The molecule has 1 heterocycles. The van der Waals surface area contributed by atoms with E-state index < -0.39 is 0 Å². The van der Waals surface area contributed by atoms with Crippen molar-refractivity contribution in [3.63, 3.8) is 0 Å². The summed E-state index contributed by atoms with van der Waals surface area (Å²) in [6, 6.07) is 0. The van der Waals surface area contributed by atoms with Gasteiger partial charge in [-0.05, 0) is 19.3 Å². The fourth-order valence-electron chi connectivity index (χ4n) is 3.12. The van der Waals surface area contributed by atoms with E-state index in [4.69, 9.17) is 14.2 Å². The fraction of sp³-hybridized carbons (Fsp3) is 1.00. The molecule has 0 amide bonds. The maximum atomic E-state index is 5.98. The van der Waals surface area contributed by atoms with Crippen LogP contribution in [-0.4, -0.2) is 31.7 Å². The average Bonchev–Trinajstić information content (AvgIpc) is 2.89.